The van der Waals surface area contributed by atoms with Gasteiger partial charge in [0, 0.05) is 6.42 Å². The molecule has 0 aliphatic rings. The molecule has 1 unspecified atom stereocenters. The van der Waals surface area contributed by atoms with E-state index in [-0.39, 0.29) is 36.0 Å². The van der Waals surface area contributed by atoms with Gasteiger partial charge in [-0.15, -0.1) is 0 Å². The third-order valence-electron chi connectivity index (χ3n) is 3.59. The summed E-state index contributed by atoms with van der Waals surface area (Å²) in [4.78, 5) is 33.1. The molecule has 2 N–H and O–H groups in total. The number of hydrogen-bond acceptors (Lipinski definition) is 3. The fraction of sp³-hybridized carbons (Fsp3) is 0.812. The SMILES string of the molecule is CCCCCCCCCCCC(=O)C(CC(=O)O)C(=O)O.[NaH]. The Morgan fingerprint density at radius 3 is 1.68 bits per heavy atom. The number of carboxylic acids is 2. The van der Waals surface area contributed by atoms with E-state index in [0.717, 1.165) is 19.3 Å². The molecule has 1 atom stereocenters. The molecular weight excluding hydrogens is 295 g/mol. The summed E-state index contributed by atoms with van der Waals surface area (Å²) in [7, 11) is 0. The molecule has 0 aliphatic heterocycles. The molecule has 0 spiro atoms. The molecule has 5 nitrogen and oxygen atoms in total. The van der Waals surface area contributed by atoms with Gasteiger partial charge < -0.3 is 10.2 Å². The van der Waals surface area contributed by atoms with Gasteiger partial charge >= 0.3 is 41.5 Å². The number of unbranched alkanes of at least 4 members (excludes halogenated alkanes) is 8. The van der Waals surface area contributed by atoms with E-state index in [2.05, 4.69) is 6.92 Å². The first-order valence-corrected chi connectivity index (χ1v) is 7.96. The topological polar surface area (TPSA) is 91.7 Å². The van der Waals surface area contributed by atoms with Crippen molar-refractivity contribution >= 4 is 47.3 Å². The summed E-state index contributed by atoms with van der Waals surface area (Å²) in [6.07, 6.45) is 9.58. The summed E-state index contributed by atoms with van der Waals surface area (Å²) in [6, 6.07) is 0. The van der Waals surface area contributed by atoms with Gasteiger partial charge in [-0.1, -0.05) is 58.3 Å². The van der Waals surface area contributed by atoms with Crippen LogP contribution in [0.2, 0.25) is 0 Å². The maximum atomic E-state index is 11.7. The van der Waals surface area contributed by atoms with E-state index in [9.17, 15) is 14.4 Å². The van der Waals surface area contributed by atoms with Gasteiger partial charge in [0.15, 0.2) is 0 Å². The third-order valence-corrected chi connectivity index (χ3v) is 3.59. The third kappa shape index (κ3) is 13.3. The van der Waals surface area contributed by atoms with Crippen molar-refractivity contribution in [2.24, 2.45) is 5.92 Å². The van der Waals surface area contributed by atoms with E-state index in [0.29, 0.717) is 6.42 Å². The van der Waals surface area contributed by atoms with Crippen molar-refractivity contribution in [2.45, 2.75) is 77.6 Å². The zero-order valence-electron chi connectivity index (χ0n) is 13.0. The van der Waals surface area contributed by atoms with Crippen molar-refractivity contribution in [1.29, 1.82) is 0 Å². The van der Waals surface area contributed by atoms with Gasteiger partial charge in [-0.25, -0.2) is 0 Å². The van der Waals surface area contributed by atoms with Gasteiger partial charge in [0.25, 0.3) is 0 Å². The van der Waals surface area contributed by atoms with Crippen LogP contribution < -0.4 is 0 Å². The van der Waals surface area contributed by atoms with E-state index in [4.69, 9.17) is 10.2 Å². The first-order valence-electron chi connectivity index (χ1n) is 7.96. The van der Waals surface area contributed by atoms with E-state index in [1.54, 1.807) is 0 Å². The second kappa shape index (κ2) is 15.5. The molecule has 0 amide bonds. The summed E-state index contributed by atoms with van der Waals surface area (Å²) in [6.45, 7) is 2.19. The van der Waals surface area contributed by atoms with Crippen LogP contribution in [0.5, 0.6) is 0 Å². The number of Topliss-reactive ketones (excluding diaryl/α,β-unsaturated/α-hetero) is 1. The second-order valence-corrected chi connectivity index (χ2v) is 5.53. The van der Waals surface area contributed by atoms with Crippen LogP contribution in [0.4, 0.5) is 0 Å². The molecule has 0 aliphatic carbocycles. The van der Waals surface area contributed by atoms with Crippen molar-refractivity contribution in [3.8, 4) is 0 Å². The van der Waals surface area contributed by atoms with Gasteiger partial charge in [-0.05, 0) is 6.42 Å². The maximum absolute atomic E-state index is 11.7. The van der Waals surface area contributed by atoms with E-state index in [1.807, 2.05) is 0 Å². The van der Waals surface area contributed by atoms with Crippen LogP contribution >= 0.6 is 0 Å². The quantitative estimate of drug-likeness (QED) is 0.291. The van der Waals surface area contributed by atoms with Crippen molar-refractivity contribution in [3.63, 3.8) is 0 Å². The van der Waals surface area contributed by atoms with Crippen LogP contribution in [-0.4, -0.2) is 57.5 Å². The van der Waals surface area contributed by atoms with E-state index in [1.165, 1.54) is 32.1 Å². The predicted octanol–water partition coefficient (Wildman–Crippen LogP) is 3.00. The fourth-order valence-electron chi connectivity index (χ4n) is 2.30. The van der Waals surface area contributed by atoms with Gasteiger partial charge in [-0.3, -0.25) is 14.4 Å². The Kier molecular flexibility index (Phi) is 16.8. The molecule has 0 aromatic carbocycles. The zero-order chi connectivity index (χ0) is 16.1. The summed E-state index contributed by atoms with van der Waals surface area (Å²) in [5.41, 5.74) is 0. The van der Waals surface area contributed by atoms with Crippen molar-refractivity contribution in [1.82, 2.24) is 0 Å². The number of aliphatic carboxylic acids is 2. The Morgan fingerprint density at radius 1 is 0.818 bits per heavy atom. The molecule has 0 aromatic heterocycles. The van der Waals surface area contributed by atoms with Crippen LogP contribution in [0.25, 0.3) is 0 Å². The average Bonchev–Trinajstić information content (AvgIpc) is 2.42. The van der Waals surface area contributed by atoms with Gasteiger partial charge in [-0.2, -0.15) is 0 Å². The Hall–Kier alpha value is -0.390. The minimum atomic E-state index is -1.39. The molecule has 0 heterocycles. The average molecular weight is 324 g/mol. The van der Waals surface area contributed by atoms with Crippen molar-refractivity contribution in [3.05, 3.63) is 0 Å². The summed E-state index contributed by atoms with van der Waals surface area (Å²) in [5, 5.41) is 17.4. The predicted molar refractivity (Wildman–Crippen MR) is 87.4 cm³/mol. The fourth-order valence-corrected chi connectivity index (χ4v) is 2.30. The normalized spacial score (nSPS) is 11.5. The molecule has 0 radical (unpaired) electrons. The van der Waals surface area contributed by atoms with Gasteiger partial charge in [0.05, 0.1) is 6.42 Å². The molecule has 0 aromatic rings. The summed E-state index contributed by atoms with van der Waals surface area (Å²) >= 11 is 0. The second-order valence-electron chi connectivity index (χ2n) is 5.53. The number of carbonyl (C=O) groups is 3. The molecule has 0 bridgehead atoms. The number of carboxylic acid groups (broad SMARTS) is 2. The Balaban J connectivity index is 0. The van der Waals surface area contributed by atoms with Gasteiger partial charge in [0.1, 0.15) is 11.7 Å². The number of rotatable bonds is 14. The first-order chi connectivity index (χ1) is 9.99. The Bertz CT molecular complexity index is 330. The number of hydrogen-bond donors (Lipinski definition) is 2. The van der Waals surface area contributed by atoms with Gasteiger partial charge in [0.2, 0.25) is 0 Å². The van der Waals surface area contributed by atoms with Crippen LogP contribution in [0.3, 0.4) is 0 Å². The zero-order valence-corrected chi connectivity index (χ0v) is 13.0. The van der Waals surface area contributed by atoms with Crippen LogP contribution in [0, 0.1) is 5.92 Å². The molecule has 0 fully saturated rings. The molecule has 124 valence electrons. The monoisotopic (exact) mass is 324 g/mol. The molecule has 6 heteroatoms. The summed E-state index contributed by atoms with van der Waals surface area (Å²) in [5.74, 6) is -4.44. The molecule has 0 saturated carbocycles. The molecular formula is C16H29NaO5. The first kappa shape index (κ1) is 23.9. The van der Waals surface area contributed by atoms with Crippen LogP contribution in [0.15, 0.2) is 0 Å². The van der Waals surface area contributed by atoms with Crippen LogP contribution in [0.1, 0.15) is 77.6 Å². The standard InChI is InChI=1S/C16H28O5.Na.H/c1-2-3-4-5-6-7-8-9-10-11-14(17)13(16(20)21)12-15(18)19;;/h13H,2-12H2,1H3,(H,18,19)(H,20,21);;. The van der Waals surface area contributed by atoms with Crippen molar-refractivity contribution in [2.75, 3.05) is 0 Å². The van der Waals surface area contributed by atoms with Crippen molar-refractivity contribution < 1.29 is 24.6 Å². The van der Waals surface area contributed by atoms with E-state index < -0.39 is 30.1 Å². The summed E-state index contributed by atoms with van der Waals surface area (Å²) < 4.78 is 0. The minimum absolute atomic E-state index is 0. The molecule has 22 heavy (non-hydrogen) atoms. The van der Waals surface area contributed by atoms with E-state index >= 15 is 0 Å². The number of carbonyl (C=O) groups excluding carboxylic acids is 1. The Morgan fingerprint density at radius 2 is 1.27 bits per heavy atom. The van der Waals surface area contributed by atoms with Crippen LogP contribution in [-0.2, 0) is 14.4 Å². The molecule has 0 rings (SSSR count). The number of ketones is 1. The molecule has 0 saturated heterocycles. The Labute approximate surface area is 155 Å².